The van der Waals surface area contributed by atoms with Crippen LogP contribution in [0.2, 0.25) is 0 Å². The summed E-state index contributed by atoms with van der Waals surface area (Å²) in [6.45, 7) is 3.68. The van der Waals surface area contributed by atoms with Gasteiger partial charge >= 0.3 is 5.97 Å². The molecule has 1 atom stereocenters. The van der Waals surface area contributed by atoms with Crippen molar-refractivity contribution in [2.45, 2.75) is 45.6 Å². The molecule has 0 aliphatic carbocycles. The molecule has 0 aliphatic rings. The molecule has 0 radical (unpaired) electrons. The number of amides is 1. The number of para-hydroxylation sites is 1. The molecule has 1 N–H and O–H groups in total. The summed E-state index contributed by atoms with van der Waals surface area (Å²) >= 11 is 0. The summed E-state index contributed by atoms with van der Waals surface area (Å²) in [7, 11) is 2.94. The number of hydrogen-bond donors (Lipinski definition) is 1. The summed E-state index contributed by atoms with van der Waals surface area (Å²) in [5.41, 5.74) is 1.06. The van der Waals surface area contributed by atoms with E-state index in [0.717, 1.165) is 11.3 Å². The molecule has 2 aromatic rings. The van der Waals surface area contributed by atoms with Crippen molar-refractivity contribution >= 4 is 11.9 Å². The number of carbonyl (C=O) groups is 2. The molecule has 0 bridgehead atoms. The van der Waals surface area contributed by atoms with Gasteiger partial charge in [0.05, 0.1) is 14.2 Å². The zero-order valence-corrected chi connectivity index (χ0v) is 16.7. The van der Waals surface area contributed by atoms with Gasteiger partial charge in [0.1, 0.15) is 11.8 Å². The molecule has 1 amide bonds. The third kappa shape index (κ3) is 6.07. The molecule has 1 aromatic heterocycles. The maximum atomic E-state index is 12.1. The normalized spacial score (nSPS) is 11.9. The van der Waals surface area contributed by atoms with Gasteiger partial charge in [0.15, 0.2) is 0 Å². The number of aryl methyl sites for hydroxylation is 3. The van der Waals surface area contributed by atoms with Crippen molar-refractivity contribution in [3.63, 3.8) is 0 Å². The summed E-state index contributed by atoms with van der Waals surface area (Å²) in [5, 5.41) is 10.7. The number of rotatable bonds is 10. The Morgan fingerprint density at radius 2 is 1.75 bits per heavy atom. The molecule has 0 aliphatic heterocycles. The average Bonchev–Trinajstić information content (AvgIpc) is 3.16. The van der Waals surface area contributed by atoms with E-state index in [2.05, 4.69) is 15.5 Å². The van der Waals surface area contributed by atoms with Gasteiger partial charge in [0, 0.05) is 19.3 Å². The van der Waals surface area contributed by atoms with E-state index in [1.54, 1.807) is 7.11 Å². The standard InChI is InChI=1S/C20H27N3O5/c1-13(2)19(20(25)27-4)21-16(24)10-12-18-23-22-17(28-18)11-9-14-7-5-6-8-15(14)26-3/h5-8,13,19H,9-12H2,1-4H3,(H,21,24)/t19-/m0/s1. The van der Waals surface area contributed by atoms with Gasteiger partial charge < -0.3 is 19.2 Å². The lowest BCUT2D eigenvalue weighted by molar-refractivity contribution is -0.146. The van der Waals surface area contributed by atoms with E-state index in [1.165, 1.54) is 7.11 Å². The van der Waals surface area contributed by atoms with Crippen LogP contribution in [0, 0.1) is 5.92 Å². The molecule has 8 heteroatoms. The number of esters is 1. The predicted molar refractivity (Wildman–Crippen MR) is 102 cm³/mol. The number of nitrogens with one attached hydrogen (secondary N) is 1. The van der Waals surface area contributed by atoms with Crippen LogP contribution in [0.5, 0.6) is 5.75 Å². The van der Waals surface area contributed by atoms with Crippen LogP contribution in [0.15, 0.2) is 28.7 Å². The van der Waals surface area contributed by atoms with Crippen LogP contribution in [0.4, 0.5) is 0 Å². The van der Waals surface area contributed by atoms with Crippen LogP contribution in [-0.4, -0.2) is 42.3 Å². The van der Waals surface area contributed by atoms with Gasteiger partial charge in [-0.05, 0) is 24.0 Å². The molecule has 8 nitrogen and oxygen atoms in total. The Kier molecular flexibility index (Phi) is 7.98. The number of benzene rings is 1. The predicted octanol–water partition coefficient (Wildman–Crippen LogP) is 2.11. The van der Waals surface area contributed by atoms with E-state index in [9.17, 15) is 9.59 Å². The summed E-state index contributed by atoms with van der Waals surface area (Å²) in [6.07, 6.45) is 1.74. The SMILES string of the molecule is COC(=O)[C@@H](NC(=O)CCc1nnc(CCc2ccccc2OC)o1)C(C)C. The lowest BCUT2D eigenvalue weighted by Crippen LogP contribution is -2.45. The van der Waals surface area contributed by atoms with E-state index < -0.39 is 12.0 Å². The quantitative estimate of drug-likeness (QED) is 0.621. The summed E-state index contributed by atoms with van der Waals surface area (Å²) in [4.78, 5) is 23.8. The first-order valence-corrected chi connectivity index (χ1v) is 9.25. The highest BCUT2D eigenvalue weighted by Gasteiger charge is 2.24. The van der Waals surface area contributed by atoms with Crippen molar-refractivity contribution in [3.8, 4) is 5.75 Å². The molecule has 0 unspecified atom stereocenters. The van der Waals surface area contributed by atoms with Crippen molar-refractivity contribution < 1.29 is 23.5 Å². The van der Waals surface area contributed by atoms with Crippen LogP contribution in [-0.2, 0) is 33.6 Å². The maximum absolute atomic E-state index is 12.1. The molecule has 28 heavy (non-hydrogen) atoms. The maximum Gasteiger partial charge on any atom is 0.328 e. The van der Waals surface area contributed by atoms with E-state index in [-0.39, 0.29) is 18.2 Å². The fourth-order valence-electron chi connectivity index (χ4n) is 2.73. The second-order valence-corrected chi connectivity index (χ2v) is 6.71. The minimum absolute atomic E-state index is 0.0682. The van der Waals surface area contributed by atoms with Crippen molar-refractivity contribution in [3.05, 3.63) is 41.6 Å². The monoisotopic (exact) mass is 389 g/mol. The highest BCUT2D eigenvalue weighted by atomic mass is 16.5. The number of methoxy groups -OCH3 is 2. The Morgan fingerprint density at radius 3 is 2.39 bits per heavy atom. The molecule has 1 heterocycles. The minimum Gasteiger partial charge on any atom is -0.496 e. The lowest BCUT2D eigenvalue weighted by Gasteiger charge is -2.19. The number of hydrogen-bond acceptors (Lipinski definition) is 7. The first-order valence-electron chi connectivity index (χ1n) is 9.25. The second-order valence-electron chi connectivity index (χ2n) is 6.71. The first kappa shape index (κ1) is 21.4. The van der Waals surface area contributed by atoms with E-state index in [1.807, 2.05) is 38.1 Å². The molecule has 152 valence electrons. The van der Waals surface area contributed by atoms with Gasteiger partial charge in [0.25, 0.3) is 0 Å². The van der Waals surface area contributed by atoms with E-state index in [0.29, 0.717) is 31.0 Å². The van der Waals surface area contributed by atoms with Crippen LogP contribution < -0.4 is 10.1 Å². The molecule has 0 saturated carbocycles. The summed E-state index contributed by atoms with van der Waals surface area (Å²) in [6, 6.07) is 7.10. The number of carbonyl (C=O) groups excluding carboxylic acids is 2. The van der Waals surface area contributed by atoms with Crippen molar-refractivity contribution in [1.82, 2.24) is 15.5 Å². The van der Waals surface area contributed by atoms with Gasteiger partial charge in [0.2, 0.25) is 17.7 Å². The van der Waals surface area contributed by atoms with Gasteiger partial charge in [-0.1, -0.05) is 32.0 Å². The molecular weight excluding hydrogens is 362 g/mol. The molecule has 0 saturated heterocycles. The molecule has 0 fully saturated rings. The van der Waals surface area contributed by atoms with Gasteiger partial charge in [-0.3, -0.25) is 4.79 Å². The van der Waals surface area contributed by atoms with Gasteiger partial charge in [-0.15, -0.1) is 10.2 Å². The zero-order valence-electron chi connectivity index (χ0n) is 16.7. The first-order chi connectivity index (χ1) is 13.4. The Balaban J connectivity index is 1.84. The molecule has 2 rings (SSSR count). The van der Waals surface area contributed by atoms with Crippen LogP contribution in [0.3, 0.4) is 0 Å². The van der Waals surface area contributed by atoms with Crippen molar-refractivity contribution in [1.29, 1.82) is 0 Å². The Morgan fingerprint density at radius 1 is 1.07 bits per heavy atom. The molecule has 1 aromatic carbocycles. The average molecular weight is 389 g/mol. The number of ether oxygens (including phenoxy) is 2. The fourth-order valence-corrected chi connectivity index (χ4v) is 2.73. The van der Waals surface area contributed by atoms with Gasteiger partial charge in [-0.25, -0.2) is 4.79 Å². The Bertz CT molecular complexity index is 788. The van der Waals surface area contributed by atoms with Crippen LogP contribution in [0.1, 0.15) is 37.6 Å². The highest BCUT2D eigenvalue weighted by molar-refractivity contribution is 5.84. The van der Waals surface area contributed by atoms with Gasteiger partial charge in [-0.2, -0.15) is 0 Å². The largest absolute Gasteiger partial charge is 0.496 e. The molecular formula is C20H27N3O5. The van der Waals surface area contributed by atoms with Crippen molar-refractivity contribution in [2.75, 3.05) is 14.2 Å². The highest BCUT2D eigenvalue weighted by Crippen LogP contribution is 2.19. The number of aromatic nitrogens is 2. The third-order valence-corrected chi connectivity index (χ3v) is 4.31. The lowest BCUT2D eigenvalue weighted by atomic mass is 10.0. The minimum atomic E-state index is -0.670. The van der Waals surface area contributed by atoms with Crippen LogP contribution in [0.25, 0.3) is 0 Å². The second kappa shape index (κ2) is 10.4. The third-order valence-electron chi connectivity index (χ3n) is 4.31. The Labute approximate surface area is 164 Å². The topological polar surface area (TPSA) is 104 Å². The zero-order chi connectivity index (χ0) is 20.5. The summed E-state index contributed by atoms with van der Waals surface area (Å²) < 4.78 is 15.7. The van der Waals surface area contributed by atoms with Crippen molar-refractivity contribution in [2.24, 2.45) is 5.92 Å². The number of nitrogens with zero attached hydrogens (tertiary/aromatic N) is 2. The smallest absolute Gasteiger partial charge is 0.328 e. The van der Waals surface area contributed by atoms with Crippen LogP contribution >= 0.6 is 0 Å². The molecule has 0 spiro atoms. The fraction of sp³-hybridized carbons (Fsp3) is 0.500. The summed E-state index contributed by atoms with van der Waals surface area (Å²) in [5.74, 6) is 0.934. The Hall–Kier alpha value is -2.90. The van der Waals surface area contributed by atoms with E-state index in [4.69, 9.17) is 13.9 Å². The van der Waals surface area contributed by atoms with E-state index >= 15 is 0 Å².